The van der Waals surface area contributed by atoms with Crippen LogP contribution in [0.1, 0.15) is 30.2 Å². The van der Waals surface area contributed by atoms with Crippen LogP contribution in [0.5, 0.6) is 0 Å². The molecule has 0 aliphatic carbocycles. The standard InChI is InChI=1S/C18H21N5O/c1-12(2)23-17-15(11-21-23)14(18(24)20-9-8-19)10-16(22-17)13-6-4-3-5-7-13/h3-7,10-12H,8-9,19H2,1-2H3,(H,20,24). The van der Waals surface area contributed by atoms with Crippen LogP contribution in [0.25, 0.3) is 22.3 Å². The van der Waals surface area contributed by atoms with Crippen molar-refractivity contribution in [2.24, 2.45) is 5.73 Å². The average molecular weight is 323 g/mol. The van der Waals surface area contributed by atoms with Gasteiger partial charge in [-0.1, -0.05) is 30.3 Å². The summed E-state index contributed by atoms with van der Waals surface area (Å²) in [5.41, 5.74) is 8.48. The average Bonchev–Trinajstić information content (AvgIpc) is 3.03. The third-order valence-corrected chi connectivity index (χ3v) is 3.80. The molecule has 2 aromatic heterocycles. The number of hydrogen-bond acceptors (Lipinski definition) is 4. The van der Waals surface area contributed by atoms with Crippen molar-refractivity contribution in [3.63, 3.8) is 0 Å². The smallest absolute Gasteiger partial charge is 0.252 e. The number of fused-ring (bicyclic) bond motifs is 1. The quantitative estimate of drug-likeness (QED) is 0.755. The van der Waals surface area contributed by atoms with E-state index in [0.29, 0.717) is 24.3 Å². The Balaban J connectivity index is 2.19. The maximum atomic E-state index is 12.5. The van der Waals surface area contributed by atoms with Crippen LogP contribution in [-0.2, 0) is 0 Å². The third kappa shape index (κ3) is 3.00. The second-order valence-corrected chi connectivity index (χ2v) is 5.89. The van der Waals surface area contributed by atoms with Crippen molar-refractivity contribution in [3.05, 3.63) is 48.2 Å². The molecule has 0 unspecified atom stereocenters. The number of pyridine rings is 1. The highest BCUT2D eigenvalue weighted by Crippen LogP contribution is 2.26. The molecule has 0 aliphatic rings. The molecule has 2 heterocycles. The van der Waals surface area contributed by atoms with Crippen LogP contribution in [0, 0.1) is 0 Å². The number of rotatable bonds is 5. The Morgan fingerprint density at radius 3 is 2.71 bits per heavy atom. The van der Waals surface area contributed by atoms with Gasteiger partial charge in [-0.2, -0.15) is 5.10 Å². The van der Waals surface area contributed by atoms with Crippen molar-refractivity contribution in [1.82, 2.24) is 20.1 Å². The van der Waals surface area contributed by atoms with Crippen LogP contribution >= 0.6 is 0 Å². The monoisotopic (exact) mass is 323 g/mol. The minimum absolute atomic E-state index is 0.154. The molecule has 0 atom stereocenters. The predicted molar refractivity (Wildman–Crippen MR) is 94.7 cm³/mol. The van der Waals surface area contributed by atoms with Crippen molar-refractivity contribution < 1.29 is 4.79 Å². The van der Waals surface area contributed by atoms with Gasteiger partial charge in [-0.3, -0.25) is 4.79 Å². The first-order valence-corrected chi connectivity index (χ1v) is 8.03. The molecule has 0 bridgehead atoms. The van der Waals surface area contributed by atoms with E-state index < -0.39 is 0 Å². The highest BCUT2D eigenvalue weighted by atomic mass is 16.1. The molecule has 1 aromatic carbocycles. The zero-order valence-corrected chi connectivity index (χ0v) is 13.9. The number of carbonyl (C=O) groups excluding carboxylic acids is 1. The zero-order chi connectivity index (χ0) is 17.1. The van der Waals surface area contributed by atoms with Gasteiger partial charge in [-0.15, -0.1) is 0 Å². The van der Waals surface area contributed by atoms with Crippen LogP contribution in [-0.4, -0.2) is 33.8 Å². The number of benzene rings is 1. The largest absolute Gasteiger partial charge is 0.351 e. The molecular formula is C18H21N5O. The molecule has 0 saturated heterocycles. The molecule has 1 amide bonds. The van der Waals surface area contributed by atoms with E-state index in [1.807, 2.05) is 54.9 Å². The van der Waals surface area contributed by atoms with Crippen LogP contribution in [0.2, 0.25) is 0 Å². The summed E-state index contributed by atoms with van der Waals surface area (Å²) < 4.78 is 1.83. The second-order valence-electron chi connectivity index (χ2n) is 5.89. The van der Waals surface area contributed by atoms with Crippen LogP contribution < -0.4 is 11.1 Å². The lowest BCUT2D eigenvalue weighted by atomic mass is 10.1. The molecule has 6 heteroatoms. The predicted octanol–water partition coefficient (Wildman–Crippen LogP) is 2.37. The fourth-order valence-electron chi connectivity index (χ4n) is 2.62. The molecule has 0 radical (unpaired) electrons. The molecule has 6 nitrogen and oxygen atoms in total. The molecule has 3 aromatic rings. The van der Waals surface area contributed by atoms with Crippen molar-refractivity contribution in [3.8, 4) is 11.3 Å². The Kier molecular flexibility index (Phi) is 4.57. The number of nitrogens with zero attached hydrogens (tertiary/aromatic N) is 3. The molecule has 124 valence electrons. The van der Waals surface area contributed by atoms with E-state index in [1.54, 1.807) is 6.20 Å². The van der Waals surface area contributed by atoms with Gasteiger partial charge in [-0.05, 0) is 19.9 Å². The summed E-state index contributed by atoms with van der Waals surface area (Å²) in [7, 11) is 0. The van der Waals surface area contributed by atoms with Crippen LogP contribution in [0.3, 0.4) is 0 Å². The van der Waals surface area contributed by atoms with Crippen LogP contribution in [0.15, 0.2) is 42.6 Å². The molecule has 24 heavy (non-hydrogen) atoms. The first-order valence-electron chi connectivity index (χ1n) is 8.03. The normalized spacial score (nSPS) is 11.2. The van der Waals surface area contributed by atoms with E-state index >= 15 is 0 Å². The Labute approximate surface area is 140 Å². The lowest BCUT2D eigenvalue weighted by Crippen LogP contribution is -2.29. The number of nitrogens with two attached hydrogens (primary N) is 1. The SMILES string of the molecule is CC(C)n1ncc2c(C(=O)NCCN)cc(-c3ccccc3)nc21. The molecule has 0 spiro atoms. The second kappa shape index (κ2) is 6.80. The maximum absolute atomic E-state index is 12.5. The summed E-state index contributed by atoms with van der Waals surface area (Å²) in [5.74, 6) is -0.159. The molecular weight excluding hydrogens is 302 g/mol. The van der Waals surface area contributed by atoms with Crippen LogP contribution in [0.4, 0.5) is 0 Å². The van der Waals surface area contributed by atoms with Gasteiger partial charge in [0.15, 0.2) is 5.65 Å². The number of nitrogens with one attached hydrogen (secondary N) is 1. The van der Waals surface area contributed by atoms with Gasteiger partial charge in [-0.25, -0.2) is 9.67 Å². The number of aromatic nitrogens is 3. The van der Waals surface area contributed by atoms with Gasteiger partial charge >= 0.3 is 0 Å². The fraction of sp³-hybridized carbons (Fsp3) is 0.278. The Bertz CT molecular complexity index is 854. The lowest BCUT2D eigenvalue weighted by Gasteiger charge is -2.11. The van der Waals surface area contributed by atoms with Gasteiger partial charge in [0.25, 0.3) is 5.91 Å². The fourth-order valence-corrected chi connectivity index (χ4v) is 2.62. The number of amides is 1. The van der Waals surface area contributed by atoms with Gasteiger partial charge < -0.3 is 11.1 Å². The summed E-state index contributed by atoms with van der Waals surface area (Å²) in [6.07, 6.45) is 1.70. The first kappa shape index (κ1) is 16.1. The minimum Gasteiger partial charge on any atom is -0.351 e. The van der Waals surface area contributed by atoms with Gasteiger partial charge in [0, 0.05) is 24.7 Å². The zero-order valence-electron chi connectivity index (χ0n) is 13.9. The van der Waals surface area contributed by atoms with E-state index in [4.69, 9.17) is 10.7 Å². The highest BCUT2D eigenvalue weighted by molar-refractivity contribution is 6.06. The van der Waals surface area contributed by atoms with Gasteiger partial charge in [0.1, 0.15) is 0 Å². The highest BCUT2D eigenvalue weighted by Gasteiger charge is 2.18. The van der Waals surface area contributed by atoms with Crippen molar-refractivity contribution in [1.29, 1.82) is 0 Å². The molecule has 0 saturated carbocycles. The van der Waals surface area contributed by atoms with E-state index in [-0.39, 0.29) is 11.9 Å². The molecule has 3 N–H and O–H groups in total. The Morgan fingerprint density at radius 1 is 1.29 bits per heavy atom. The summed E-state index contributed by atoms with van der Waals surface area (Å²) in [6, 6.07) is 11.8. The summed E-state index contributed by atoms with van der Waals surface area (Å²) in [6.45, 7) is 4.91. The Morgan fingerprint density at radius 2 is 2.04 bits per heavy atom. The third-order valence-electron chi connectivity index (χ3n) is 3.80. The number of hydrogen-bond donors (Lipinski definition) is 2. The van der Waals surface area contributed by atoms with Crippen molar-refractivity contribution in [2.45, 2.75) is 19.9 Å². The summed E-state index contributed by atoms with van der Waals surface area (Å²) >= 11 is 0. The van der Waals surface area contributed by atoms with E-state index in [2.05, 4.69) is 10.4 Å². The maximum Gasteiger partial charge on any atom is 0.252 e. The first-order chi connectivity index (χ1) is 11.6. The number of carbonyl (C=O) groups is 1. The van der Waals surface area contributed by atoms with Crippen molar-refractivity contribution in [2.75, 3.05) is 13.1 Å². The lowest BCUT2D eigenvalue weighted by molar-refractivity contribution is 0.0956. The molecule has 3 rings (SSSR count). The summed E-state index contributed by atoms with van der Waals surface area (Å²) in [5, 5.41) is 7.98. The molecule has 0 aliphatic heterocycles. The van der Waals surface area contributed by atoms with Gasteiger partial charge in [0.2, 0.25) is 0 Å². The Hall–Kier alpha value is -2.73. The topological polar surface area (TPSA) is 85.8 Å². The van der Waals surface area contributed by atoms with Crippen molar-refractivity contribution >= 4 is 16.9 Å². The minimum atomic E-state index is -0.159. The van der Waals surface area contributed by atoms with E-state index in [9.17, 15) is 4.79 Å². The van der Waals surface area contributed by atoms with E-state index in [0.717, 1.165) is 16.6 Å². The van der Waals surface area contributed by atoms with E-state index in [1.165, 1.54) is 0 Å². The van der Waals surface area contributed by atoms with Gasteiger partial charge in [0.05, 0.1) is 22.8 Å². The summed E-state index contributed by atoms with van der Waals surface area (Å²) in [4.78, 5) is 17.3. The molecule has 0 fully saturated rings.